The zero-order chi connectivity index (χ0) is 31.7. The highest BCUT2D eigenvalue weighted by Crippen LogP contribution is 2.34. The lowest BCUT2D eigenvalue weighted by Crippen LogP contribution is -2.52. The van der Waals surface area contributed by atoms with Gasteiger partial charge in [0.25, 0.3) is 10.0 Å². The van der Waals surface area contributed by atoms with Crippen LogP contribution in [-0.4, -0.2) is 58.5 Å². The van der Waals surface area contributed by atoms with Gasteiger partial charge in [-0.25, -0.2) is 8.42 Å². The largest absolute Gasteiger partial charge is 0.493 e. The number of amides is 2. The van der Waals surface area contributed by atoms with Crippen molar-refractivity contribution >= 4 is 39.1 Å². The van der Waals surface area contributed by atoms with Gasteiger partial charge in [0.15, 0.2) is 11.5 Å². The van der Waals surface area contributed by atoms with Gasteiger partial charge in [-0.15, -0.1) is 0 Å². The highest BCUT2D eigenvalue weighted by molar-refractivity contribution is 7.92. The zero-order valence-electron chi connectivity index (χ0n) is 25.5. The Labute approximate surface area is 259 Å². The van der Waals surface area contributed by atoms with Crippen LogP contribution < -0.4 is 19.1 Å². The lowest BCUT2D eigenvalue weighted by molar-refractivity contribution is -0.140. The Kier molecular flexibility index (Phi) is 11.9. The van der Waals surface area contributed by atoms with E-state index in [9.17, 15) is 18.0 Å². The van der Waals surface area contributed by atoms with Crippen molar-refractivity contribution in [1.29, 1.82) is 0 Å². The highest BCUT2D eigenvalue weighted by Gasteiger charge is 2.34. The van der Waals surface area contributed by atoms with Crippen LogP contribution in [-0.2, 0) is 26.2 Å². The van der Waals surface area contributed by atoms with E-state index in [-0.39, 0.29) is 29.0 Å². The minimum atomic E-state index is -4.23. The summed E-state index contributed by atoms with van der Waals surface area (Å²) in [5, 5.41) is 3.46. The molecule has 1 atom stereocenters. The smallest absolute Gasteiger partial charge is 0.264 e. The third kappa shape index (κ3) is 8.64. The van der Waals surface area contributed by atoms with Gasteiger partial charge in [0, 0.05) is 24.2 Å². The number of carbonyl (C=O) groups is 2. The fourth-order valence-electron chi connectivity index (χ4n) is 4.47. The molecule has 0 aliphatic rings. The fourth-order valence-corrected chi connectivity index (χ4v) is 6.01. The van der Waals surface area contributed by atoms with Crippen LogP contribution in [0.2, 0.25) is 5.02 Å². The molecule has 43 heavy (non-hydrogen) atoms. The Morgan fingerprint density at radius 2 is 1.56 bits per heavy atom. The number of carbonyl (C=O) groups excluding carboxylic acids is 2. The highest BCUT2D eigenvalue weighted by atomic mass is 35.5. The maximum Gasteiger partial charge on any atom is 0.264 e. The average molecular weight is 630 g/mol. The predicted molar refractivity (Wildman–Crippen MR) is 169 cm³/mol. The SMILES string of the molecule is CC[C@H](C(=O)NCC(C)C)N(Cc1ccc(Cl)cc1)C(=O)CN(c1ccc(OC)c(OC)c1)S(=O)(=O)c1ccc(C)cc1. The molecule has 2 amide bonds. The second-order valence-electron chi connectivity index (χ2n) is 10.6. The Hall–Kier alpha value is -3.76. The fraction of sp³-hybridized carbons (Fsp3) is 0.375. The van der Waals surface area contributed by atoms with Crippen LogP contribution in [0.5, 0.6) is 11.5 Å². The maximum atomic E-state index is 14.2. The number of ether oxygens (including phenoxy) is 2. The summed E-state index contributed by atoms with van der Waals surface area (Å²) in [6.07, 6.45) is 0.324. The van der Waals surface area contributed by atoms with Crippen molar-refractivity contribution in [3.8, 4) is 11.5 Å². The second-order valence-corrected chi connectivity index (χ2v) is 12.9. The van der Waals surface area contributed by atoms with Crippen molar-refractivity contribution in [3.63, 3.8) is 0 Å². The summed E-state index contributed by atoms with van der Waals surface area (Å²) in [6.45, 7) is 7.59. The van der Waals surface area contributed by atoms with Gasteiger partial charge in [0.2, 0.25) is 11.8 Å². The Morgan fingerprint density at radius 3 is 2.12 bits per heavy atom. The third-order valence-electron chi connectivity index (χ3n) is 6.88. The summed E-state index contributed by atoms with van der Waals surface area (Å²) in [4.78, 5) is 29.0. The van der Waals surface area contributed by atoms with Gasteiger partial charge in [0.05, 0.1) is 24.8 Å². The van der Waals surface area contributed by atoms with Crippen LogP contribution in [0.4, 0.5) is 5.69 Å². The second kappa shape index (κ2) is 15.1. The Morgan fingerprint density at radius 1 is 0.930 bits per heavy atom. The van der Waals surface area contributed by atoms with Crippen LogP contribution >= 0.6 is 11.6 Å². The summed E-state index contributed by atoms with van der Waals surface area (Å²) in [7, 11) is -1.30. The number of hydrogen-bond donors (Lipinski definition) is 1. The number of methoxy groups -OCH3 is 2. The molecule has 1 N–H and O–H groups in total. The van der Waals surface area contributed by atoms with Crippen molar-refractivity contribution in [2.45, 2.75) is 51.6 Å². The van der Waals surface area contributed by atoms with Crippen LogP contribution in [0.1, 0.15) is 38.3 Å². The summed E-state index contributed by atoms with van der Waals surface area (Å²) < 4.78 is 40.0. The van der Waals surface area contributed by atoms with E-state index >= 15 is 0 Å². The van der Waals surface area contributed by atoms with Crippen LogP contribution in [0.3, 0.4) is 0 Å². The molecule has 0 unspecified atom stereocenters. The molecule has 0 spiro atoms. The monoisotopic (exact) mass is 629 g/mol. The molecule has 0 saturated heterocycles. The van der Waals surface area contributed by atoms with E-state index < -0.39 is 28.5 Å². The number of anilines is 1. The van der Waals surface area contributed by atoms with Crippen molar-refractivity contribution in [2.24, 2.45) is 5.92 Å². The van der Waals surface area contributed by atoms with Gasteiger partial charge in [-0.1, -0.05) is 62.2 Å². The predicted octanol–water partition coefficient (Wildman–Crippen LogP) is 5.44. The quantitative estimate of drug-likeness (QED) is 0.255. The minimum Gasteiger partial charge on any atom is -0.493 e. The van der Waals surface area contributed by atoms with Gasteiger partial charge in [-0.05, 0) is 61.2 Å². The first kappa shape index (κ1) is 33.7. The van der Waals surface area contributed by atoms with E-state index in [1.807, 2.05) is 27.7 Å². The van der Waals surface area contributed by atoms with E-state index in [2.05, 4.69) is 5.32 Å². The van der Waals surface area contributed by atoms with Crippen molar-refractivity contribution in [2.75, 3.05) is 31.6 Å². The summed E-state index contributed by atoms with van der Waals surface area (Å²) in [5.74, 6) is 0.0585. The third-order valence-corrected chi connectivity index (χ3v) is 8.92. The number of rotatable bonds is 14. The lowest BCUT2D eigenvalue weighted by atomic mass is 10.1. The molecule has 0 aromatic heterocycles. The number of benzene rings is 3. The minimum absolute atomic E-state index is 0.0201. The van der Waals surface area contributed by atoms with Crippen molar-refractivity contribution in [3.05, 3.63) is 82.9 Å². The topological polar surface area (TPSA) is 105 Å². The van der Waals surface area contributed by atoms with Gasteiger partial charge in [0.1, 0.15) is 12.6 Å². The van der Waals surface area contributed by atoms with Crippen molar-refractivity contribution < 1.29 is 27.5 Å². The number of sulfonamides is 1. The number of hydrogen-bond acceptors (Lipinski definition) is 6. The van der Waals surface area contributed by atoms with E-state index in [1.165, 1.54) is 37.3 Å². The van der Waals surface area contributed by atoms with Gasteiger partial charge < -0.3 is 19.7 Å². The molecule has 0 bridgehead atoms. The van der Waals surface area contributed by atoms with Gasteiger partial charge in [-0.2, -0.15) is 0 Å². The van der Waals surface area contributed by atoms with Crippen LogP contribution in [0.15, 0.2) is 71.6 Å². The number of aryl methyl sites for hydroxylation is 1. The molecular formula is C32H40ClN3O6S. The number of nitrogens with one attached hydrogen (secondary N) is 1. The average Bonchev–Trinajstić information content (AvgIpc) is 2.99. The molecule has 3 aromatic carbocycles. The summed E-state index contributed by atoms with van der Waals surface area (Å²) >= 11 is 6.09. The van der Waals surface area contributed by atoms with E-state index in [0.29, 0.717) is 29.5 Å². The van der Waals surface area contributed by atoms with Crippen LogP contribution in [0.25, 0.3) is 0 Å². The summed E-state index contributed by atoms with van der Waals surface area (Å²) in [6, 6.07) is 17.2. The van der Waals surface area contributed by atoms with Crippen LogP contribution in [0, 0.1) is 12.8 Å². The van der Waals surface area contributed by atoms with E-state index in [4.69, 9.17) is 21.1 Å². The van der Waals surface area contributed by atoms with Gasteiger partial charge in [-0.3, -0.25) is 13.9 Å². The zero-order valence-corrected chi connectivity index (χ0v) is 27.0. The maximum absolute atomic E-state index is 14.2. The first-order chi connectivity index (χ1) is 20.4. The number of halogens is 1. The van der Waals surface area contributed by atoms with Crippen molar-refractivity contribution in [1.82, 2.24) is 10.2 Å². The normalized spacial score (nSPS) is 12.0. The molecule has 9 nitrogen and oxygen atoms in total. The molecule has 0 fully saturated rings. The first-order valence-electron chi connectivity index (χ1n) is 14.0. The van der Waals surface area contributed by atoms with E-state index in [0.717, 1.165) is 15.4 Å². The Balaban J connectivity index is 2.10. The molecule has 3 aromatic rings. The molecule has 0 aliphatic carbocycles. The molecular weight excluding hydrogens is 590 g/mol. The van der Waals surface area contributed by atoms with E-state index in [1.54, 1.807) is 48.5 Å². The molecule has 232 valence electrons. The lowest BCUT2D eigenvalue weighted by Gasteiger charge is -2.33. The molecule has 0 aliphatic heterocycles. The molecule has 3 rings (SSSR count). The molecule has 0 heterocycles. The first-order valence-corrected chi connectivity index (χ1v) is 15.9. The number of nitrogens with zero attached hydrogens (tertiary/aromatic N) is 2. The molecule has 11 heteroatoms. The summed E-state index contributed by atoms with van der Waals surface area (Å²) in [5.41, 5.74) is 1.84. The Bertz CT molecular complexity index is 1490. The molecule has 0 radical (unpaired) electrons. The molecule has 0 saturated carbocycles. The van der Waals surface area contributed by atoms with Gasteiger partial charge >= 0.3 is 0 Å². The standard InChI is InChI=1S/C32H40ClN3O6S/c1-7-28(32(38)34-19-22(2)3)35(20-24-10-12-25(33)13-11-24)31(37)21-36(26-14-17-29(41-5)30(18-26)42-6)43(39,40)27-15-8-23(4)9-16-27/h8-18,22,28H,7,19-21H2,1-6H3,(H,34,38)/t28-/m1/s1.